The number of likely N-dealkylation sites (N-methyl/N-ethyl adjacent to an activating group) is 1. The lowest BCUT2D eigenvalue weighted by Crippen LogP contribution is -2.20. The largest absolute Gasteiger partial charge is 0.311 e. The molecule has 0 saturated carbocycles. The van der Waals surface area contributed by atoms with Gasteiger partial charge in [-0.05, 0) is 32.5 Å². The third-order valence-corrected chi connectivity index (χ3v) is 3.61. The molecule has 0 aliphatic rings. The van der Waals surface area contributed by atoms with Gasteiger partial charge in [-0.15, -0.1) is 0 Å². The minimum Gasteiger partial charge on any atom is -0.311 e. The second-order valence-electron chi connectivity index (χ2n) is 4.43. The first-order valence-corrected chi connectivity index (χ1v) is 6.37. The van der Waals surface area contributed by atoms with Crippen molar-refractivity contribution in [3.05, 3.63) is 46.3 Å². The summed E-state index contributed by atoms with van der Waals surface area (Å²) in [6.07, 6.45) is 1.88. The molecule has 2 aromatic heterocycles. The number of hydrogen-bond donors (Lipinski definition) is 1. The van der Waals surface area contributed by atoms with Gasteiger partial charge in [0.05, 0.1) is 23.6 Å². The minimum atomic E-state index is -0.339. The molecule has 1 unspecified atom stereocenters. The first-order chi connectivity index (χ1) is 9.02. The zero-order valence-electron chi connectivity index (χ0n) is 11.1. The van der Waals surface area contributed by atoms with Crippen LogP contribution in [-0.4, -0.2) is 21.8 Å². The molecular formula is C13H16ClFN4. The van der Waals surface area contributed by atoms with E-state index in [-0.39, 0.29) is 11.9 Å². The number of aromatic nitrogens is 3. The van der Waals surface area contributed by atoms with Crippen molar-refractivity contribution in [2.24, 2.45) is 7.05 Å². The van der Waals surface area contributed by atoms with Crippen molar-refractivity contribution in [2.45, 2.75) is 19.4 Å². The number of nitrogens with one attached hydrogen (secondary N) is 1. The number of pyridine rings is 1. The van der Waals surface area contributed by atoms with Crippen molar-refractivity contribution in [2.75, 3.05) is 7.05 Å². The molecule has 0 spiro atoms. The highest BCUT2D eigenvalue weighted by molar-refractivity contribution is 6.30. The summed E-state index contributed by atoms with van der Waals surface area (Å²) in [4.78, 5) is 4.10. The lowest BCUT2D eigenvalue weighted by Gasteiger charge is -2.15. The van der Waals surface area contributed by atoms with E-state index in [4.69, 9.17) is 11.6 Å². The molecule has 102 valence electrons. The number of nitrogens with zero attached hydrogens (tertiary/aromatic N) is 3. The Balaban J connectivity index is 2.26. The van der Waals surface area contributed by atoms with Crippen molar-refractivity contribution in [3.63, 3.8) is 0 Å². The predicted octanol–water partition coefficient (Wildman–Crippen LogP) is 2.42. The highest BCUT2D eigenvalue weighted by atomic mass is 35.5. The standard InChI is InChI=1S/C13H16ClFN4/c1-8-10(13(14)19(3)18-8)6-12(16-2)11-5-4-9(15)7-17-11/h4-5,7,12,16H,6H2,1-3H3. The van der Waals surface area contributed by atoms with E-state index in [0.717, 1.165) is 17.0 Å². The van der Waals surface area contributed by atoms with Crippen LogP contribution in [0.2, 0.25) is 5.15 Å². The van der Waals surface area contributed by atoms with Crippen LogP contribution in [0.15, 0.2) is 18.3 Å². The lowest BCUT2D eigenvalue weighted by atomic mass is 10.0. The van der Waals surface area contributed by atoms with Crippen molar-refractivity contribution in [3.8, 4) is 0 Å². The van der Waals surface area contributed by atoms with Gasteiger partial charge in [-0.2, -0.15) is 5.10 Å². The van der Waals surface area contributed by atoms with Crippen LogP contribution in [-0.2, 0) is 13.5 Å². The van der Waals surface area contributed by atoms with E-state index >= 15 is 0 Å². The maximum atomic E-state index is 12.9. The first-order valence-electron chi connectivity index (χ1n) is 5.99. The molecule has 2 heterocycles. The average molecular weight is 283 g/mol. The molecule has 0 amide bonds. The normalized spacial score (nSPS) is 12.7. The Kier molecular flexibility index (Phi) is 4.17. The summed E-state index contributed by atoms with van der Waals surface area (Å²) < 4.78 is 14.5. The van der Waals surface area contributed by atoms with Crippen LogP contribution in [0.5, 0.6) is 0 Å². The van der Waals surface area contributed by atoms with Crippen LogP contribution in [0.3, 0.4) is 0 Å². The number of hydrogen-bond acceptors (Lipinski definition) is 3. The van der Waals surface area contributed by atoms with Gasteiger partial charge in [0.1, 0.15) is 11.0 Å². The summed E-state index contributed by atoms with van der Waals surface area (Å²) in [5.74, 6) is -0.339. The van der Waals surface area contributed by atoms with E-state index in [1.807, 2.05) is 21.0 Å². The highest BCUT2D eigenvalue weighted by Gasteiger charge is 2.18. The average Bonchev–Trinajstić information content (AvgIpc) is 2.63. The van der Waals surface area contributed by atoms with Gasteiger partial charge in [0.25, 0.3) is 0 Å². The Morgan fingerprint density at radius 2 is 2.21 bits per heavy atom. The molecular weight excluding hydrogens is 267 g/mol. The molecule has 6 heteroatoms. The summed E-state index contributed by atoms with van der Waals surface area (Å²) in [7, 11) is 3.65. The molecule has 0 fully saturated rings. The zero-order valence-corrected chi connectivity index (χ0v) is 11.9. The maximum absolute atomic E-state index is 12.9. The summed E-state index contributed by atoms with van der Waals surface area (Å²) in [6.45, 7) is 1.92. The molecule has 1 atom stereocenters. The van der Waals surface area contributed by atoms with Gasteiger partial charge in [-0.1, -0.05) is 11.6 Å². The van der Waals surface area contributed by atoms with E-state index in [1.54, 1.807) is 10.7 Å². The fourth-order valence-electron chi connectivity index (χ4n) is 2.06. The number of halogens is 2. The topological polar surface area (TPSA) is 42.7 Å². The van der Waals surface area contributed by atoms with Crippen LogP contribution in [0.1, 0.15) is 23.0 Å². The molecule has 0 bridgehead atoms. The highest BCUT2D eigenvalue weighted by Crippen LogP contribution is 2.24. The van der Waals surface area contributed by atoms with E-state index in [1.165, 1.54) is 12.3 Å². The predicted molar refractivity (Wildman–Crippen MR) is 72.7 cm³/mol. The van der Waals surface area contributed by atoms with Crippen LogP contribution < -0.4 is 5.32 Å². The van der Waals surface area contributed by atoms with E-state index < -0.39 is 0 Å². The molecule has 4 nitrogen and oxygen atoms in total. The molecule has 0 aliphatic carbocycles. The van der Waals surface area contributed by atoms with Crippen molar-refractivity contribution >= 4 is 11.6 Å². The van der Waals surface area contributed by atoms with Gasteiger partial charge in [0.2, 0.25) is 0 Å². The summed E-state index contributed by atoms with van der Waals surface area (Å²) in [5, 5.41) is 8.08. The van der Waals surface area contributed by atoms with Crippen LogP contribution in [0.4, 0.5) is 4.39 Å². The third-order valence-electron chi connectivity index (χ3n) is 3.13. The molecule has 0 aromatic carbocycles. The van der Waals surface area contributed by atoms with Gasteiger partial charge in [0.15, 0.2) is 0 Å². The third kappa shape index (κ3) is 2.93. The fourth-order valence-corrected chi connectivity index (χ4v) is 2.31. The van der Waals surface area contributed by atoms with Crippen LogP contribution in [0.25, 0.3) is 0 Å². The molecule has 2 rings (SSSR count). The Hall–Kier alpha value is -1.46. The molecule has 2 aromatic rings. The lowest BCUT2D eigenvalue weighted by molar-refractivity contribution is 0.564. The van der Waals surface area contributed by atoms with Gasteiger partial charge in [0, 0.05) is 12.6 Å². The second kappa shape index (κ2) is 5.67. The Bertz CT molecular complexity index is 565. The van der Waals surface area contributed by atoms with Gasteiger partial charge in [-0.25, -0.2) is 4.39 Å². The quantitative estimate of drug-likeness (QED) is 0.936. The van der Waals surface area contributed by atoms with Gasteiger partial charge >= 0.3 is 0 Å². The van der Waals surface area contributed by atoms with Gasteiger partial charge in [-0.3, -0.25) is 9.67 Å². The maximum Gasteiger partial charge on any atom is 0.141 e. The summed E-state index contributed by atoms with van der Waals surface area (Å²) in [6, 6.07) is 3.06. The molecule has 19 heavy (non-hydrogen) atoms. The Labute approximate surface area is 116 Å². The van der Waals surface area contributed by atoms with E-state index in [9.17, 15) is 4.39 Å². The summed E-state index contributed by atoms with van der Waals surface area (Å²) in [5.41, 5.74) is 2.66. The number of aryl methyl sites for hydroxylation is 2. The first kappa shape index (κ1) is 14.0. The molecule has 1 N–H and O–H groups in total. The SMILES string of the molecule is CNC(Cc1c(C)nn(C)c1Cl)c1ccc(F)cn1. The van der Waals surface area contributed by atoms with Crippen molar-refractivity contribution < 1.29 is 4.39 Å². The molecule has 0 radical (unpaired) electrons. The van der Waals surface area contributed by atoms with Gasteiger partial charge < -0.3 is 5.32 Å². The Morgan fingerprint density at radius 3 is 2.68 bits per heavy atom. The van der Waals surface area contributed by atoms with Crippen LogP contribution in [0, 0.1) is 12.7 Å². The molecule has 0 aliphatic heterocycles. The second-order valence-corrected chi connectivity index (χ2v) is 4.78. The molecule has 0 saturated heterocycles. The van der Waals surface area contributed by atoms with Crippen LogP contribution >= 0.6 is 11.6 Å². The van der Waals surface area contributed by atoms with Crippen molar-refractivity contribution in [1.29, 1.82) is 0 Å². The van der Waals surface area contributed by atoms with E-state index in [0.29, 0.717) is 11.6 Å². The summed E-state index contributed by atoms with van der Waals surface area (Å²) >= 11 is 6.22. The fraction of sp³-hybridized carbons (Fsp3) is 0.385. The number of rotatable bonds is 4. The monoisotopic (exact) mass is 282 g/mol. The minimum absolute atomic E-state index is 0.0269. The smallest absolute Gasteiger partial charge is 0.141 e. The zero-order chi connectivity index (χ0) is 14.0. The Morgan fingerprint density at radius 1 is 1.47 bits per heavy atom. The van der Waals surface area contributed by atoms with Crippen molar-refractivity contribution in [1.82, 2.24) is 20.1 Å². The van der Waals surface area contributed by atoms with E-state index in [2.05, 4.69) is 15.4 Å².